The van der Waals surface area contributed by atoms with E-state index in [9.17, 15) is 9.59 Å². The van der Waals surface area contributed by atoms with E-state index in [0.29, 0.717) is 35.3 Å². The van der Waals surface area contributed by atoms with Gasteiger partial charge in [0.25, 0.3) is 5.91 Å². The fraction of sp³-hybridized carbons (Fsp3) is 0.382. The maximum atomic E-state index is 14.5. The van der Waals surface area contributed by atoms with Crippen LogP contribution in [0, 0.1) is 13.8 Å². The first-order valence-electron chi connectivity index (χ1n) is 14.3. The largest absolute Gasteiger partial charge is 0.496 e. The van der Waals surface area contributed by atoms with Crippen LogP contribution in [-0.4, -0.2) is 47.8 Å². The third-order valence-electron chi connectivity index (χ3n) is 8.73. The molecule has 3 aromatic rings. The third kappa shape index (κ3) is 5.81. The molecular weight excluding hydrogens is 534 g/mol. The molecule has 2 aliphatic carbocycles. The Bertz CT molecular complexity index is 1520. The highest BCUT2D eigenvalue weighted by atomic mass is 35.5. The second kappa shape index (κ2) is 12.2. The molecule has 1 fully saturated rings. The lowest BCUT2D eigenvalue weighted by Crippen LogP contribution is -2.45. The van der Waals surface area contributed by atoms with Crippen molar-refractivity contribution in [3.8, 4) is 16.9 Å². The number of carbonyl (C=O) groups excluding carboxylic acids is 2. The molecule has 1 saturated carbocycles. The van der Waals surface area contributed by atoms with Gasteiger partial charge in [0.15, 0.2) is 5.78 Å². The quantitative estimate of drug-likeness (QED) is 0.307. The maximum Gasteiger partial charge on any atom is 0.252 e. The van der Waals surface area contributed by atoms with Crippen LogP contribution in [0.1, 0.15) is 70.9 Å². The average Bonchev–Trinajstić information content (AvgIpc) is 3.35. The number of fused-ring (bicyclic) bond motifs is 1. The highest BCUT2D eigenvalue weighted by Gasteiger charge is 2.35. The summed E-state index contributed by atoms with van der Waals surface area (Å²) in [6.45, 7) is 6.05. The number of hydrogen-bond acceptors (Lipinski definition) is 5. The summed E-state index contributed by atoms with van der Waals surface area (Å²) >= 11 is 6.98. The number of pyridine rings is 1. The number of nitrogens with zero attached hydrogens (tertiary/aromatic N) is 2. The van der Waals surface area contributed by atoms with Crippen molar-refractivity contribution in [3.05, 3.63) is 87.7 Å². The van der Waals surface area contributed by atoms with Crippen LogP contribution in [0.15, 0.2) is 54.2 Å². The zero-order chi connectivity index (χ0) is 29.3. The lowest BCUT2D eigenvalue weighted by Gasteiger charge is -2.37. The van der Waals surface area contributed by atoms with Gasteiger partial charge in [-0.25, -0.2) is 0 Å². The van der Waals surface area contributed by atoms with Crippen LogP contribution in [0.5, 0.6) is 5.75 Å². The van der Waals surface area contributed by atoms with Gasteiger partial charge in [-0.1, -0.05) is 29.8 Å². The fourth-order valence-corrected chi connectivity index (χ4v) is 6.67. The number of rotatable bonds is 8. The second-order valence-corrected chi connectivity index (χ2v) is 11.6. The minimum atomic E-state index is -0.0808. The number of hydrogen-bond donors (Lipinski definition) is 1. The van der Waals surface area contributed by atoms with E-state index in [1.165, 1.54) is 6.92 Å². The van der Waals surface area contributed by atoms with E-state index >= 15 is 0 Å². The number of halogens is 1. The molecule has 2 aliphatic rings. The van der Waals surface area contributed by atoms with Gasteiger partial charge in [-0.3, -0.25) is 14.6 Å². The maximum absolute atomic E-state index is 14.5. The van der Waals surface area contributed by atoms with Crippen LogP contribution in [0.25, 0.3) is 16.2 Å². The summed E-state index contributed by atoms with van der Waals surface area (Å²) < 4.78 is 5.78. The first-order chi connectivity index (χ1) is 19.7. The van der Waals surface area contributed by atoms with Crippen molar-refractivity contribution in [1.82, 2.24) is 15.2 Å². The van der Waals surface area contributed by atoms with Crippen molar-refractivity contribution in [3.63, 3.8) is 0 Å². The Morgan fingerprint density at radius 1 is 1.02 bits per heavy atom. The molecule has 0 spiro atoms. The predicted molar refractivity (Wildman–Crippen MR) is 164 cm³/mol. The lowest BCUT2D eigenvalue weighted by atomic mass is 9.89. The first-order valence-corrected chi connectivity index (χ1v) is 14.7. The summed E-state index contributed by atoms with van der Waals surface area (Å²) in [6.07, 6.45) is 6.06. The Morgan fingerprint density at radius 3 is 2.39 bits per heavy atom. The minimum Gasteiger partial charge on any atom is -0.496 e. The van der Waals surface area contributed by atoms with Gasteiger partial charge in [-0.05, 0) is 98.7 Å². The Kier molecular flexibility index (Phi) is 8.62. The molecule has 1 heterocycles. The Morgan fingerprint density at radius 2 is 1.73 bits per heavy atom. The molecule has 1 amide bonds. The van der Waals surface area contributed by atoms with Gasteiger partial charge >= 0.3 is 0 Å². The summed E-state index contributed by atoms with van der Waals surface area (Å²) in [5.41, 5.74) is 8.24. The summed E-state index contributed by atoms with van der Waals surface area (Å²) in [5.74, 6) is 0.633. The topological polar surface area (TPSA) is 71.5 Å². The molecule has 41 heavy (non-hydrogen) atoms. The van der Waals surface area contributed by atoms with Crippen LogP contribution >= 0.6 is 11.6 Å². The summed E-state index contributed by atoms with van der Waals surface area (Å²) in [6, 6.07) is 14.4. The van der Waals surface area contributed by atoms with E-state index in [2.05, 4.69) is 42.3 Å². The lowest BCUT2D eigenvalue weighted by molar-refractivity contribution is -0.130. The van der Waals surface area contributed by atoms with E-state index in [4.69, 9.17) is 16.3 Å². The van der Waals surface area contributed by atoms with E-state index in [-0.39, 0.29) is 17.7 Å². The van der Waals surface area contributed by atoms with Crippen LogP contribution in [0.4, 0.5) is 0 Å². The normalized spacial score (nSPS) is 18.3. The number of aromatic nitrogens is 1. The number of methoxy groups -OCH3 is 1. The summed E-state index contributed by atoms with van der Waals surface area (Å²) in [4.78, 5) is 32.6. The van der Waals surface area contributed by atoms with E-state index < -0.39 is 0 Å². The van der Waals surface area contributed by atoms with Gasteiger partial charge in [-0.2, -0.15) is 0 Å². The standard InChI is InChI=1S/C34H38ClN3O3/c1-20-6-7-21(2)32-28(20)18-29(33(32)35)34(40)38(27-11-9-26(36-4)10-12-27)19-25-16-23(8-13-31(25)41-5)24-14-15-37-30(17-24)22(3)39/h6-8,13-17,26-27,36H,9-12,18-19H2,1-5H3. The summed E-state index contributed by atoms with van der Waals surface area (Å²) in [7, 11) is 3.66. The molecule has 0 atom stereocenters. The number of Topliss-reactive ketones (excluding diaryl/α,β-unsaturated/α-hetero) is 1. The number of carbonyl (C=O) groups is 2. The molecule has 214 valence electrons. The van der Waals surface area contributed by atoms with Crippen molar-refractivity contribution in [2.45, 2.75) is 71.5 Å². The molecule has 0 radical (unpaired) electrons. The number of ketones is 1. The molecule has 2 aromatic carbocycles. The molecule has 5 rings (SSSR count). The van der Waals surface area contributed by atoms with Crippen molar-refractivity contribution in [2.75, 3.05) is 14.2 Å². The van der Waals surface area contributed by atoms with Crippen LogP contribution in [0.2, 0.25) is 0 Å². The number of benzene rings is 2. The fourth-order valence-electron chi connectivity index (χ4n) is 6.26. The van der Waals surface area contributed by atoms with Gasteiger partial charge in [0.2, 0.25) is 0 Å². The monoisotopic (exact) mass is 571 g/mol. The third-order valence-corrected chi connectivity index (χ3v) is 9.15. The van der Waals surface area contributed by atoms with Gasteiger partial charge in [0.05, 0.1) is 12.1 Å². The number of aryl methyl sites for hydroxylation is 2. The zero-order valence-electron chi connectivity index (χ0n) is 24.5. The van der Waals surface area contributed by atoms with Crippen LogP contribution in [-0.2, 0) is 17.8 Å². The number of ether oxygens (including phenoxy) is 1. The molecule has 7 heteroatoms. The van der Waals surface area contributed by atoms with Crippen LogP contribution < -0.4 is 10.1 Å². The molecule has 0 saturated heterocycles. The van der Waals surface area contributed by atoms with Crippen molar-refractivity contribution in [2.24, 2.45) is 0 Å². The highest BCUT2D eigenvalue weighted by molar-refractivity contribution is 6.52. The first kappa shape index (κ1) is 29.0. The molecule has 0 unspecified atom stereocenters. The zero-order valence-corrected chi connectivity index (χ0v) is 25.3. The molecule has 1 N–H and O–H groups in total. The van der Waals surface area contributed by atoms with Gasteiger partial charge in [0, 0.05) is 54.9 Å². The highest BCUT2D eigenvalue weighted by Crippen LogP contribution is 2.41. The van der Waals surface area contributed by atoms with E-state index in [0.717, 1.165) is 70.4 Å². The smallest absolute Gasteiger partial charge is 0.252 e. The molecule has 0 bridgehead atoms. The van der Waals surface area contributed by atoms with Gasteiger partial charge in [0.1, 0.15) is 11.4 Å². The van der Waals surface area contributed by atoms with E-state index in [1.54, 1.807) is 19.4 Å². The molecule has 0 aliphatic heterocycles. The Balaban J connectivity index is 1.53. The molecular formula is C34H38ClN3O3. The minimum absolute atomic E-state index is 0.00635. The summed E-state index contributed by atoms with van der Waals surface area (Å²) in [5, 5.41) is 3.98. The SMILES string of the molecule is CNC1CCC(N(Cc2cc(-c3ccnc(C(C)=O)c3)ccc2OC)C(=O)C2=C(Cl)c3c(C)ccc(C)c3C2)CC1. The van der Waals surface area contributed by atoms with Gasteiger partial charge in [-0.15, -0.1) is 0 Å². The Labute approximate surface area is 247 Å². The predicted octanol–water partition coefficient (Wildman–Crippen LogP) is 6.64. The second-order valence-electron chi connectivity index (χ2n) is 11.3. The molecule has 6 nitrogen and oxygen atoms in total. The van der Waals surface area contributed by atoms with Crippen molar-refractivity contribution < 1.29 is 14.3 Å². The average molecular weight is 572 g/mol. The van der Waals surface area contributed by atoms with Crippen LogP contribution in [0.3, 0.4) is 0 Å². The van der Waals surface area contributed by atoms with Crippen molar-refractivity contribution in [1.29, 1.82) is 0 Å². The van der Waals surface area contributed by atoms with Gasteiger partial charge < -0.3 is 15.0 Å². The van der Waals surface area contributed by atoms with Crippen molar-refractivity contribution >= 4 is 28.3 Å². The van der Waals surface area contributed by atoms with E-state index in [1.807, 2.05) is 30.1 Å². The Hall–Kier alpha value is -3.48. The number of amides is 1. The number of nitrogens with one attached hydrogen (secondary N) is 1. The molecule has 1 aromatic heterocycles.